The second-order valence-electron chi connectivity index (χ2n) is 4.76. The van der Waals surface area contributed by atoms with E-state index in [2.05, 4.69) is 12.2 Å². The van der Waals surface area contributed by atoms with E-state index >= 15 is 0 Å². The number of benzene rings is 1. The van der Waals surface area contributed by atoms with Gasteiger partial charge in [-0.05, 0) is 43.9 Å². The van der Waals surface area contributed by atoms with E-state index in [0.717, 1.165) is 19.3 Å². The van der Waals surface area contributed by atoms with E-state index in [1.807, 2.05) is 0 Å². The van der Waals surface area contributed by atoms with Crippen molar-refractivity contribution >= 4 is 11.4 Å². The second kappa shape index (κ2) is 4.51. The lowest BCUT2D eigenvalue weighted by Gasteiger charge is -2.43. The number of nitrogens with two attached hydrogens (primary N) is 1. The van der Waals surface area contributed by atoms with Crippen molar-refractivity contribution in [3.05, 3.63) is 23.8 Å². The van der Waals surface area contributed by atoms with Crippen molar-refractivity contribution < 1.29 is 8.78 Å². The Morgan fingerprint density at radius 1 is 1.41 bits per heavy atom. The summed E-state index contributed by atoms with van der Waals surface area (Å²) in [6, 6.07) is 4.68. The molecule has 1 aromatic rings. The zero-order valence-electron chi connectivity index (χ0n) is 9.97. The van der Waals surface area contributed by atoms with Crippen LogP contribution in [0.3, 0.4) is 0 Å². The Hall–Kier alpha value is -1.32. The van der Waals surface area contributed by atoms with Crippen molar-refractivity contribution in [2.75, 3.05) is 11.1 Å². The number of alkyl halides is 2. The van der Waals surface area contributed by atoms with Crippen LogP contribution in [0.15, 0.2) is 18.2 Å². The monoisotopic (exact) mass is 240 g/mol. The fourth-order valence-electron chi connectivity index (χ4n) is 2.33. The van der Waals surface area contributed by atoms with Crippen LogP contribution >= 0.6 is 0 Å². The molecule has 0 unspecified atom stereocenters. The molecule has 1 fully saturated rings. The van der Waals surface area contributed by atoms with E-state index in [9.17, 15) is 8.78 Å². The smallest absolute Gasteiger partial charge is 0.265 e. The minimum absolute atomic E-state index is 0.00438. The van der Waals surface area contributed by atoms with Gasteiger partial charge >= 0.3 is 0 Å². The quantitative estimate of drug-likeness (QED) is 0.782. The van der Waals surface area contributed by atoms with Gasteiger partial charge in [-0.3, -0.25) is 0 Å². The molecule has 2 nitrogen and oxygen atoms in total. The number of rotatable bonds is 4. The number of nitrogen functional groups attached to an aromatic ring is 1. The van der Waals surface area contributed by atoms with E-state index < -0.39 is 6.43 Å². The molecule has 1 aliphatic carbocycles. The van der Waals surface area contributed by atoms with Crippen LogP contribution in [-0.4, -0.2) is 5.54 Å². The maximum atomic E-state index is 12.9. The van der Waals surface area contributed by atoms with Crippen molar-refractivity contribution in [1.82, 2.24) is 0 Å². The van der Waals surface area contributed by atoms with Crippen molar-refractivity contribution in [3.8, 4) is 0 Å². The van der Waals surface area contributed by atoms with Crippen LogP contribution in [0, 0.1) is 0 Å². The van der Waals surface area contributed by atoms with Gasteiger partial charge < -0.3 is 11.1 Å². The van der Waals surface area contributed by atoms with Gasteiger partial charge in [-0.15, -0.1) is 0 Å². The number of halogens is 2. The van der Waals surface area contributed by atoms with Crippen molar-refractivity contribution in [3.63, 3.8) is 0 Å². The molecule has 0 spiro atoms. The average Bonchev–Trinajstić information content (AvgIpc) is 2.25. The Morgan fingerprint density at radius 2 is 2.12 bits per heavy atom. The number of anilines is 2. The highest BCUT2D eigenvalue weighted by Crippen LogP contribution is 2.40. The number of nitrogens with one attached hydrogen (secondary N) is 1. The van der Waals surface area contributed by atoms with Gasteiger partial charge in [0.15, 0.2) is 0 Å². The molecule has 2 rings (SSSR count). The summed E-state index contributed by atoms with van der Waals surface area (Å²) in [7, 11) is 0. The van der Waals surface area contributed by atoms with Crippen LogP contribution in [0.25, 0.3) is 0 Å². The molecule has 0 bridgehead atoms. The average molecular weight is 240 g/mol. The van der Waals surface area contributed by atoms with E-state index in [1.54, 1.807) is 12.1 Å². The first-order chi connectivity index (χ1) is 8.06. The molecule has 0 amide bonds. The van der Waals surface area contributed by atoms with Gasteiger partial charge in [-0.25, -0.2) is 8.78 Å². The molecule has 17 heavy (non-hydrogen) atoms. The lowest BCUT2D eigenvalue weighted by molar-refractivity contribution is 0.151. The van der Waals surface area contributed by atoms with Crippen molar-refractivity contribution in [2.45, 2.75) is 44.6 Å². The third kappa shape index (κ3) is 2.35. The highest BCUT2D eigenvalue weighted by atomic mass is 19.3. The van der Waals surface area contributed by atoms with E-state index in [1.165, 1.54) is 12.5 Å². The van der Waals surface area contributed by atoms with Gasteiger partial charge in [0, 0.05) is 22.5 Å². The minimum atomic E-state index is -2.49. The molecular weight excluding hydrogens is 222 g/mol. The normalized spacial score (nSPS) is 17.9. The van der Waals surface area contributed by atoms with Gasteiger partial charge in [0.05, 0.1) is 0 Å². The van der Waals surface area contributed by atoms with Crippen LogP contribution in [0.5, 0.6) is 0 Å². The third-order valence-electron chi connectivity index (χ3n) is 3.70. The molecule has 94 valence electrons. The van der Waals surface area contributed by atoms with Crippen LogP contribution in [0.1, 0.15) is 44.6 Å². The predicted octanol–water partition coefficient (Wildman–Crippen LogP) is 3.95. The van der Waals surface area contributed by atoms with Crippen molar-refractivity contribution in [1.29, 1.82) is 0 Å². The first-order valence-electron chi connectivity index (χ1n) is 6.02. The maximum Gasteiger partial charge on any atom is 0.265 e. The van der Waals surface area contributed by atoms with Gasteiger partial charge in [-0.1, -0.05) is 6.92 Å². The Kier molecular flexibility index (Phi) is 3.22. The third-order valence-corrected chi connectivity index (χ3v) is 3.70. The minimum Gasteiger partial charge on any atom is -0.399 e. The number of hydrogen-bond acceptors (Lipinski definition) is 2. The molecule has 0 aromatic heterocycles. The first-order valence-corrected chi connectivity index (χ1v) is 6.02. The second-order valence-corrected chi connectivity index (χ2v) is 4.76. The van der Waals surface area contributed by atoms with Crippen LogP contribution in [-0.2, 0) is 0 Å². The van der Waals surface area contributed by atoms with Crippen molar-refractivity contribution in [2.24, 2.45) is 0 Å². The molecule has 0 heterocycles. The van der Waals surface area contributed by atoms with Crippen LogP contribution in [0.2, 0.25) is 0 Å². The van der Waals surface area contributed by atoms with E-state index in [0.29, 0.717) is 11.4 Å². The summed E-state index contributed by atoms with van der Waals surface area (Å²) in [6.45, 7) is 2.09. The molecule has 0 radical (unpaired) electrons. The summed E-state index contributed by atoms with van der Waals surface area (Å²) in [5.41, 5.74) is 6.47. The lowest BCUT2D eigenvalue weighted by Crippen LogP contribution is -2.44. The summed E-state index contributed by atoms with van der Waals surface area (Å²) in [5.74, 6) is 0. The fourth-order valence-corrected chi connectivity index (χ4v) is 2.33. The Balaban J connectivity index is 2.25. The van der Waals surface area contributed by atoms with Gasteiger partial charge in [-0.2, -0.15) is 0 Å². The zero-order valence-corrected chi connectivity index (χ0v) is 9.97. The summed E-state index contributed by atoms with van der Waals surface area (Å²) < 4.78 is 25.8. The number of hydrogen-bond donors (Lipinski definition) is 2. The van der Waals surface area contributed by atoms with E-state index in [-0.39, 0.29) is 11.1 Å². The van der Waals surface area contributed by atoms with Gasteiger partial charge in [0.2, 0.25) is 0 Å². The topological polar surface area (TPSA) is 38.0 Å². The Bertz CT molecular complexity index is 395. The van der Waals surface area contributed by atoms with E-state index in [4.69, 9.17) is 5.73 Å². The molecule has 1 aromatic carbocycles. The molecule has 0 atom stereocenters. The largest absolute Gasteiger partial charge is 0.399 e. The molecule has 3 N–H and O–H groups in total. The molecule has 0 saturated heterocycles. The standard InChI is InChI=1S/C13H18F2N2/c1-2-13(6-3-7-13)17-11-5-4-9(16)8-10(11)12(14)15/h4-5,8,12,17H,2-3,6-7,16H2,1H3. The Morgan fingerprint density at radius 3 is 2.59 bits per heavy atom. The van der Waals surface area contributed by atoms with Gasteiger partial charge in [0.25, 0.3) is 6.43 Å². The summed E-state index contributed by atoms with van der Waals surface area (Å²) in [6.07, 6.45) is 1.74. The fraction of sp³-hybridized carbons (Fsp3) is 0.538. The highest BCUT2D eigenvalue weighted by molar-refractivity contribution is 5.60. The van der Waals surface area contributed by atoms with Gasteiger partial charge in [0.1, 0.15) is 0 Å². The lowest BCUT2D eigenvalue weighted by atomic mass is 9.74. The predicted molar refractivity (Wildman–Crippen MR) is 66.3 cm³/mol. The zero-order chi connectivity index (χ0) is 12.5. The molecule has 1 saturated carbocycles. The maximum absolute atomic E-state index is 12.9. The molecular formula is C13H18F2N2. The summed E-state index contributed by atoms with van der Waals surface area (Å²) in [4.78, 5) is 0. The van der Waals surface area contributed by atoms with Crippen LogP contribution < -0.4 is 11.1 Å². The summed E-state index contributed by atoms with van der Waals surface area (Å²) in [5, 5.41) is 3.28. The summed E-state index contributed by atoms with van der Waals surface area (Å²) >= 11 is 0. The molecule has 0 aliphatic heterocycles. The first kappa shape index (κ1) is 12.1. The Labute approximate surface area is 100 Å². The molecule has 1 aliphatic rings. The molecule has 4 heteroatoms. The van der Waals surface area contributed by atoms with Crippen LogP contribution in [0.4, 0.5) is 20.2 Å². The highest BCUT2D eigenvalue weighted by Gasteiger charge is 2.35. The SMILES string of the molecule is CCC1(Nc2ccc(N)cc2C(F)F)CCC1.